The number of nitrogens with zero attached hydrogens (tertiary/aromatic N) is 2. The lowest BCUT2D eigenvalue weighted by Crippen LogP contribution is -2.37. The van der Waals surface area contributed by atoms with Crippen molar-refractivity contribution in [1.29, 1.82) is 0 Å². The molecular weight excluding hydrogens is 297 g/mol. The number of hydrogen-bond acceptors (Lipinski definition) is 3. The second-order valence-corrected chi connectivity index (χ2v) is 5.16. The van der Waals surface area contributed by atoms with E-state index < -0.39 is 12.8 Å². The molecule has 0 atom stereocenters. The fraction of sp³-hybridized carbons (Fsp3) is 0.571. The third-order valence-electron chi connectivity index (χ3n) is 3.12. The molecule has 1 heterocycles. The Morgan fingerprint density at radius 1 is 1.36 bits per heavy atom. The summed E-state index contributed by atoms with van der Waals surface area (Å²) in [6, 6.07) is 3.09. The highest BCUT2D eigenvalue weighted by Crippen LogP contribution is 2.27. The van der Waals surface area contributed by atoms with Crippen LogP contribution in [0.4, 0.5) is 13.2 Å². The smallest absolute Gasteiger partial charge is 0.422 e. The molecule has 0 radical (unpaired) electrons. The maximum atomic E-state index is 12.0. The Bertz CT molecular complexity index is 498. The van der Waals surface area contributed by atoms with Gasteiger partial charge in [-0.2, -0.15) is 13.2 Å². The molecule has 0 bridgehead atoms. The maximum absolute atomic E-state index is 12.0. The summed E-state index contributed by atoms with van der Waals surface area (Å²) in [6.45, 7) is 0.0500. The summed E-state index contributed by atoms with van der Waals surface area (Å²) in [5.41, 5.74) is 0.828. The van der Waals surface area contributed by atoms with Gasteiger partial charge in [0.15, 0.2) is 12.6 Å². The van der Waals surface area contributed by atoms with Crippen LogP contribution in [0.2, 0.25) is 0 Å². The lowest BCUT2D eigenvalue weighted by molar-refractivity contribution is -0.154. The molecule has 1 aromatic heterocycles. The van der Waals surface area contributed by atoms with Crippen molar-refractivity contribution in [3.8, 4) is 5.88 Å². The molecule has 2 rings (SSSR count). The third-order valence-corrected chi connectivity index (χ3v) is 3.12. The van der Waals surface area contributed by atoms with Gasteiger partial charge in [-0.1, -0.05) is 6.07 Å². The van der Waals surface area contributed by atoms with E-state index in [-0.39, 0.29) is 5.88 Å². The van der Waals surface area contributed by atoms with E-state index in [2.05, 4.69) is 25.3 Å². The van der Waals surface area contributed by atoms with E-state index >= 15 is 0 Å². The Kier molecular flexibility index (Phi) is 5.46. The Hall–Kier alpha value is -1.99. The summed E-state index contributed by atoms with van der Waals surface area (Å²) in [5.74, 6) is 1.40. The second-order valence-electron chi connectivity index (χ2n) is 5.16. The molecule has 5 nitrogen and oxygen atoms in total. The first kappa shape index (κ1) is 16.4. The van der Waals surface area contributed by atoms with Gasteiger partial charge < -0.3 is 15.4 Å². The molecule has 0 spiro atoms. The molecule has 122 valence electrons. The van der Waals surface area contributed by atoms with Crippen molar-refractivity contribution in [3.63, 3.8) is 0 Å². The summed E-state index contributed by atoms with van der Waals surface area (Å²) >= 11 is 0. The Balaban J connectivity index is 1.75. The maximum Gasteiger partial charge on any atom is 0.422 e. The van der Waals surface area contributed by atoms with Crippen LogP contribution in [0.15, 0.2) is 23.3 Å². The van der Waals surface area contributed by atoms with Crippen LogP contribution in [0.25, 0.3) is 0 Å². The number of alkyl halides is 3. The SMILES string of the molecule is CN=C(NCc1ccc(OCC(F)(F)F)nc1)NCC1CC1. The lowest BCUT2D eigenvalue weighted by atomic mass is 10.3. The molecule has 22 heavy (non-hydrogen) atoms. The topological polar surface area (TPSA) is 58.5 Å². The van der Waals surface area contributed by atoms with Crippen LogP contribution in [0, 0.1) is 5.92 Å². The van der Waals surface area contributed by atoms with Gasteiger partial charge >= 0.3 is 6.18 Å². The molecule has 1 aliphatic rings. The standard InChI is InChI=1S/C14H19F3N4O/c1-18-13(20-6-10-2-3-10)21-8-11-4-5-12(19-7-11)22-9-14(15,16)17/h4-5,7,10H,2-3,6,8-9H2,1H3,(H2,18,20,21). The van der Waals surface area contributed by atoms with Gasteiger partial charge in [0, 0.05) is 32.4 Å². The van der Waals surface area contributed by atoms with Crippen LogP contribution < -0.4 is 15.4 Å². The monoisotopic (exact) mass is 316 g/mol. The van der Waals surface area contributed by atoms with Gasteiger partial charge in [-0.05, 0) is 24.3 Å². The van der Waals surface area contributed by atoms with Crippen LogP contribution in [0.5, 0.6) is 5.88 Å². The largest absolute Gasteiger partial charge is 0.468 e. The molecule has 8 heteroatoms. The number of aromatic nitrogens is 1. The second kappa shape index (κ2) is 7.33. The highest BCUT2D eigenvalue weighted by atomic mass is 19.4. The predicted octanol–water partition coefficient (Wildman–Crippen LogP) is 2.10. The Morgan fingerprint density at radius 2 is 2.14 bits per heavy atom. The number of aliphatic imine (C=N–C) groups is 1. The van der Waals surface area contributed by atoms with Crippen LogP contribution in [-0.2, 0) is 6.54 Å². The van der Waals surface area contributed by atoms with Crippen molar-refractivity contribution in [2.75, 3.05) is 20.2 Å². The molecule has 0 aliphatic heterocycles. The predicted molar refractivity (Wildman–Crippen MR) is 76.7 cm³/mol. The van der Waals surface area contributed by atoms with Gasteiger partial charge in [0.2, 0.25) is 5.88 Å². The molecule has 0 amide bonds. The highest BCUT2D eigenvalue weighted by Gasteiger charge is 2.28. The third kappa shape index (κ3) is 6.19. The van der Waals surface area contributed by atoms with E-state index in [0.29, 0.717) is 12.5 Å². The van der Waals surface area contributed by atoms with Crippen LogP contribution >= 0.6 is 0 Å². The highest BCUT2D eigenvalue weighted by molar-refractivity contribution is 5.79. The minimum absolute atomic E-state index is 0.0442. The number of nitrogens with one attached hydrogen (secondary N) is 2. The minimum atomic E-state index is -4.36. The molecule has 1 aliphatic carbocycles. The molecule has 1 saturated carbocycles. The van der Waals surface area contributed by atoms with E-state index in [0.717, 1.165) is 18.0 Å². The van der Waals surface area contributed by atoms with E-state index in [1.807, 2.05) is 0 Å². The van der Waals surface area contributed by atoms with Crippen molar-refractivity contribution in [2.45, 2.75) is 25.6 Å². The molecular formula is C14H19F3N4O. The Morgan fingerprint density at radius 3 is 2.68 bits per heavy atom. The average molecular weight is 316 g/mol. The zero-order chi connectivity index (χ0) is 16.0. The van der Waals surface area contributed by atoms with Gasteiger partial charge in [-0.15, -0.1) is 0 Å². The zero-order valence-electron chi connectivity index (χ0n) is 12.3. The summed E-state index contributed by atoms with van der Waals surface area (Å²) < 4.78 is 40.6. The average Bonchev–Trinajstić information content (AvgIpc) is 3.30. The van der Waals surface area contributed by atoms with Crippen molar-refractivity contribution in [2.24, 2.45) is 10.9 Å². The molecule has 1 aromatic rings. The van der Waals surface area contributed by atoms with Gasteiger partial charge in [-0.25, -0.2) is 4.98 Å². The minimum Gasteiger partial charge on any atom is -0.468 e. The van der Waals surface area contributed by atoms with Gasteiger partial charge in [-0.3, -0.25) is 4.99 Å². The zero-order valence-corrected chi connectivity index (χ0v) is 12.3. The first-order valence-electron chi connectivity index (χ1n) is 7.05. The molecule has 0 aromatic carbocycles. The lowest BCUT2D eigenvalue weighted by Gasteiger charge is -2.12. The first-order valence-corrected chi connectivity index (χ1v) is 7.05. The summed E-state index contributed by atoms with van der Waals surface area (Å²) in [4.78, 5) is 7.95. The number of pyridine rings is 1. The fourth-order valence-electron chi connectivity index (χ4n) is 1.73. The van der Waals surface area contributed by atoms with E-state index in [1.165, 1.54) is 25.1 Å². The van der Waals surface area contributed by atoms with Crippen molar-refractivity contribution < 1.29 is 17.9 Å². The van der Waals surface area contributed by atoms with E-state index in [9.17, 15) is 13.2 Å². The van der Waals surface area contributed by atoms with Crippen molar-refractivity contribution in [1.82, 2.24) is 15.6 Å². The first-order chi connectivity index (χ1) is 10.5. The quantitative estimate of drug-likeness (QED) is 0.623. The van der Waals surface area contributed by atoms with E-state index in [1.54, 1.807) is 13.1 Å². The van der Waals surface area contributed by atoms with Gasteiger partial charge in [0.25, 0.3) is 0 Å². The Labute approximate surface area is 127 Å². The number of ether oxygens (including phenoxy) is 1. The number of guanidine groups is 1. The van der Waals surface area contributed by atoms with Crippen LogP contribution in [0.1, 0.15) is 18.4 Å². The van der Waals surface area contributed by atoms with Gasteiger partial charge in [0.05, 0.1) is 0 Å². The number of rotatable bonds is 6. The number of halogens is 3. The fourth-order valence-corrected chi connectivity index (χ4v) is 1.73. The summed E-state index contributed by atoms with van der Waals surface area (Å²) in [6.07, 6.45) is -0.366. The molecule has 1 fully saturated rings. The molecule has 0 saturated heterocycles. The van der Waals surface area contributed by atoms with E-state index in [4.69, 9.17) is 0 Å². The van der Waals surface area contributed by atoms with Gasteiger partial charge in [0.1, 0.15) is 0 Å². The molecule has 0 unspecified atom stereocenters. The number of hydrogen-bond donors (Lipinski definition) is 2. The van der Waals surface area contributed by atoms with Crippen LogP contribution in [0.3, 0.4) is 0 Å². The van der Waals surface area contributed by atoms with Crippen molar-refractivity contribution >= 4 is 5.96 Å². The molecule has 2 N–H and O–H groups in total. The van der Waals surface area contributed by atoms with Crippen LogP contribution in [-0.4, -0.2) is 37.3 Å². The summed E-state index contributed by atoms with van der Waals surface area (Å²) in [7, 11) is 1.69. The van der Waals surface area contributed by atoms with Crippen molar-refractivity contribution in [3.05, 3.63) is 23.9 Å². The normalized spacial score (nSPS) is 15.5. The summed E-state index contributed by atoms with van der Waals surface area (Å²) in [5, 5.41) is 6.34.